The van der Waals surface area contributed by atoms with Crippen molar-refractivity contribution in [1.29, 1.82) is 0 Å². The summed E-state index contributed by atoms with van der Waals surface area (Å²) in [6, 6.07) is 9.87. The maximum Gasteiger partial charge on any atom is 0.244 e. The zero-order valence-electron chi connectivity index (χ0n) is 15.5. The molecule has 1 heterocycles. The fraction of sp³-hybridized carbons (Fsp3) is 0.250. The lowest BCUT2D eigenvalue weighted by molar-refractivity contribution is -0.137. The van der Waals surface area contributed by atoms with Crippen molar-refractivity contribution >= 4 is 45.0 Å². The van der Waals surface area contributed by atoms with E-state index in [4.69, 9.17) is 0 Å². The highest BCUT2D eigenvalue weighted by Crippen LogP contribution is 2.27. The normalized spacial score (nSPS) is 16.1. The quantitative estimate of drug-likeness (QED) is 0.736. The number of benzene rings is 2. The van der Waals surface area contributed by atoms with Gasteiger partial charge in [-0.15, -0.1) is 0 Å². The van der Waals surface area contributed by atoms with Gasteiger partial charge in [-0.05, 0) is 40.2 Å². The first-order valence-corrected chi connectivity index (χ1v) is 9.59. The number of rotatable bonds is 5. The third-order valence-electron chi connectivity index (χ3n) is 4.54. The number of halogens is 3. The van der Waals surface area contributed by atoms with Crippen molar-refractivity contribution in [3.63, 3.8) is 0 Å². The number of nitrogens with zero attached hydrogens (tertiary/aromatic N) is 2. The molecule has 1 unspecified atom stereocenters. The molecular weight excluding hydrogens is 448 g/mol. The largest absolute Gasteiger partial charge is 0.336 e. The molecule has 0 bridgehead atoms. The summed E-state index contributed by atoms with van der Waals surface area (Å²) in [5.41, 5.74) is 0.644. The number of carbonyl (C=O) groups is 3. The van der Waals surface area contributed by atoms with E-state index in [0.29, 0.717) is 16.2 Å². The molecule has 29 heavy (non-hydrogen) atoms. The molecule has 0 aromatic heterocycles. The van der Waals surface area contributed by atoms with Gasteiger partial charge in [0.25, 0.3) is 0 Å². The standard InChI is InChI=1S/C20H18BrF2N3O3/c1-25(11-18(27)24-17-5-3-2-4-16(17)21)20(29)12-6-19(28)26(10-12)15-8-13(22)7-14(23)9-15/h2-5,7-9,12H,6,10-11H2,1H3,(H,24,27). The van der Waals surface area contributed by atoms with Gasteiger partial charge in [0, 0.05) is 36.2 Å². The molecule has 9 heteroatoms. The molecular formula is C20H18BrF2N3O3. The minimum absolute atomic E-state index is 0.00322. The van der Waals surface area contributed by atoms with Gasteiger partial charge in [0.15, 0.2) is 0 Å². The second-order valence-electron chi connectivity index (χ2n) is 6.76. The molecule has 1 atom stereocenters. The van der Waals surface area contributed by atoms with Gasteiger partial charge in [-0.1, -0.05) is 12.1 Å². The van der Waals surface area contributed by atoms with Gasteiger partial charge in [-0.2, -0.15) is 0 Å². The van der Waals surface area contributed by atoms with E-state index in [1.54, 1.807) is 18.2 Å². The van der Waals surface area contributed by atoms with Crippen LogP contribution >= 0.6 is 15.9 Å². The van der Waals surface area contributed by atoms with E-state index in [9.17, 15) is 23.2 Å². The second-order valence-corrected chi connectivity index (χ2v) is 7.61. The maximum atomic E-state index is 13.4. The van der Waals surface area contributed by atoms with Crippen LogP contribution in [0.1, 0.15) is 6.42 Å². The fourth-order valence-corrected chi connectivity index (χ4v) is 3.56. The molecule has 152 valence electrons. The van der Waals surface area contributed by atoms with Crippen LogP contribution in [0.25, 0.3) is 0 Å². The van der Waals surface area contributed by atoms with Crippen LogP contribution in [0.2, 0.25) is 0 Å². The van der Waals surface area contributed by atoms with Gasteiger partial charge in [0.05, 0.1) is 18.2 Å². The first kappa shape index (κ1) is 20.9. The van der Waals surface area contributed by atoms with E-state index in [1.165, 1.54) is 16.8 Å². The van der Waals surface area contributed by atoms with Gasteiger partial charge in [0.1, 0.15) is 11.6 Å². The summed E-state index contributed by atoms with van der Waals surface area (Å²) < 4.78 is 27.6. The number of carbonyl (C=O) groups excluding carboxylic acids is 3. The number of anilines is 2. The molecule has 3 amide bonds. The van der Waals surface area contributed by atoms with Crippen molar-refractivity contribution in [2.24, 2.45) is 5.92 Å². The summed E-state index contributed by atoms with van der Waals surface area (Å²) in [6.07, 6.45) is -0.0901. The molecule has 0 radical (unpaired) electrons. The third-order valence-corrected chi connectivity index (χ3v) is 5.23. The minimum atomic E-state index is -0.802. The first-order chi connectivity index (χ1) is 13.7. The van der Waals surface area contributed by atoms with Crippen LogP contribution in [0.4, 0.5) is 20.2 Å². The predicted octanol–water partition coefficient (Wildman–Crippen LogP) is 3.18. The molecule has 2 aromatic rings. The smallest absolute Gasteiger partial charge is 0.244 e. The average Bonchev–Trinajstić information content (AvgIpc) is 3.04. The van der Waals surface area contributed by atoms with Gasteiger partial charge < -0.3 is 15.1 Å². The van der Waals surface area contributed by atoms with E-state index >= 15 is 0 Å². The lowest BCUT2D eigenvalue weighted by Gasteiger charge is -2.21. The Hall–Kier alpha value is -2.81. The zero-order chi connectivity index (χ0) is 21.1. The summed E-state index contributed by atoms with van der Waals surface area (Å²) in [5.74, 6) is -3.48. The van der Waals surface area contributed by atoms with Crippen LogP contribution in [0.15, 0.2) is 46.9 Å². The molecule has 0 spiro atoms. The third kappa shape index (κ3) is 4.97. The van der Waals surface area contributed by atoms with Gasteiger partial charge in [-0.25, -0.2) is 8.78 Å². The van der Waals surface area contributed by atoms with Crippen LogP contribution < -0.4 is 10.2 Å². The number of para-hydroxylation sites is 1. The Balaban J connectivity index is 1.62. The number of nitrogens with one attached hydrogen (secondary N) is 1. The molecule has 1 saturated heterocycles. The molecule has 0 aliphatic carbocycles. The molecule has 1 aliphatic rings. The van der Waals surface area contributed by atoms with Crippen LogP contribution in [0.5, 0.6) is 0 Å². The summed E-state index contributed by atoms with van der Waals surface area (Å²) in [4.78, 5) is 39.6. The number of amides is 3. The highest BCUT2D eigenvalue weighted by atomic mass is 79.9. The van der Waals surface area contributed by atoms with Crippen molar-refractivity contribution in [3.8, 4) is 0 Å². The second kappa shape index (κ2) is 8.69. The Morgan fingerprint density at radius 1 is 1.21 bits per heavy atom. The summed E-state index contributed by atoms with van der Waals surface area (Å²) in [6.45, 7) is -0.198. The molecule has 2 aromatic carbocycles. The van der Waals surface area contributed by atoms with E-state index in [-0.39, 0.29) is 37.0 Å². The van der Waals surface area contributed by atoms with E-state index < -0.39 is 23.5 Å². The molecule has 0 saturated carbocycles. The van der Waals surface area contributed by atoms with Crippen LogP contribution in [0, 0.1) is 17.6 Å². The summed E-state index contributed by atoms with van der Waals surface area (Å²) >= 11 is 3.33. The minimum Gasteiger partial charge on any atom is -0.336 e. The Labute approximate surface area is 174 Å². The highest BCUT2D eigenvalue weighted by Gasteiger charge is 2.37. The Kier molecular flexibility index (Phi) is 6.26. The number of hydrogen-bond donors (Lipinski definition) is 1. The Morgan fingerprint density at radius 3 is 2.52 bits per heavy atom. The van der Waals surface area contributed by atoms with Gasteiger partial charge in [-0.3, -0.25) is 14.4 Å². The lowest BCUT2D eigenvalue weighted by atomic mass is 10.1. The van der Waals surface area contributed by atoms with E-state index in [2.05, 4.69) is 21.2 Å². The molecule has 6 nitrogen and oxygen atoms in total. The van der Waals surface area contributed by atoms with Crippen molar-refractivity contribution in [2.75, 3.05) is 30.4 Å². The van der Waals surface area contributed by atoms with Crippen molar-refractivity contribution < 1.29 is 23.2 Å². The van der Waals surface area contributed by atoms with Crippen LogP contribution in [-0.2, 0) is 14.4 Å². The van der Waals surface area contributed by atoms with Crippen LogP contribution in [-0.4, -0.2) is 42.8 Å². The van der Waals surface area contributed by atoms with E-state index in [0.717, 1.165) is 12.1 Å². The summed E-state index contributed by atoms with van der Waals surface area (Å²) in [7, 11) is 1.47. The molecule has 3 rings (SSSR count). The fourth-order valence-electron chi connectivity index (χ4n) is 3.17. The Bertz CT molecular complexity index is 949. The topological polar surface area (TPSA) is 69.7 Å². The summed E-state index contributed by atoms with van der Waals surface area (Å²) in [5, 5.41) is 2.70. The first-order valence-electron chi connectivity index (χ1n) is 8.80. The average molecular weight is 466 g/mol. The monoisotopic (exact) mass is 465 g/mol. The molecule has 1 aliphatic heterocycles. The zero-order valence-corrected chi connectivity index (χ0v) is 17.1. The van der Waals surface area contributed by atoms with Crippen molar-refractivity contribution in [3.05, 3.63) is 58.6 Å². The van der Waals surface area contributed by atoms with Crippen LogP contribution in [0.3, 0.4) is 0 Å². The predicted molar refractivity (Wildman–Crippen MR) is 107 cm³/mol. The Morgan fingerprint density at radius 2 is 1.86 bits per heavy atom. The molecule has 1 fully saturated rings. The van der Waals surface area contributed by atoms with Gasteiger partial charge >= 0.3 is 0 Å². The number of likely N-dealkylation sites (N-methyl/N-ethyl adjacent to an activating group) is 1. The SMILES string of the molecule is CN(CC(=O)Nc1ccccc1Br)C(=O)C1CC(=O)N(c2cc(F)cc(F)c2)C1. The molecule has 1 N–H and O–H groups in total. The maximum absolute atomic E-state index is 13.4. The van der Waals surface area contributed by atoms with E-state index in [1.807, 2.05) is 6.07 Å². The lowest BCUT2D eigenvalue weighted by Crippen LogP contribution is -2.39. The number of hydrogen-bond acceptors (Lipinski definition) is 3. The highest BCUT2D eigenvalue weighted by molar-refractivity contribution is 9.10. The van der Waals surface area contributed by atoms with Crippen molar-refractivity contribution in [1.82, 2.24) is 4.90 Å². The van der Waals surface area contributed by atoms with Gasteiger partial charge in [0.2, 0.25) is 17.7 Å². The van der Waals surface area contributed by atoms with Crippen molar-refractivity contribution in [2.45, 2.75) is 6.42 Å².